The van der Waals surface area contributed by atoms with E-state index in [0.29, 0.717) is 35.7 Å². The molecule has 0 spiro atoms. The number of aryl methyl sites for hydroxylation is 2. The van der Waals surface area contributed by atoms with E-state index in [9.17, 15) is 9.59 Å². The Morgan fingerprint density at radius 1 is 1.35 bits per heavy atom. The Labute approximate surface area is 139 Å². The highest BCUT2D eigenvalue weighted by atomic mass is 32.1. The van der Waals surface area contributed by atoms with Crippen LogP contribution < -0.4 is 5.56 Å². The Morgan fingerprint density at radius 3 is 2.74 bits per heavy atom. The number of esters is 1. The van der Waals surface area contributed by atoms with E-state index in [0.717, 1.165) is 4.88 Å². The van der Waals surface area contributed by atoms with E-state index in [1.807, 2.05) is 26.8 Å². The summed E-state index contributed by atoms with van der Waals surface area (Å²) in [4.78, 5) is 31.3. The molecule has 0 radical (unpaired) electrons. The Hall–Kier alpha value is -1.73. The van der Waals surface area contributed by atoms with Gasteiger partial charge in [0.25, 0.3) is 5.56 Å². The Bertz CT molecular complexity index is 750. The van der Waals surface area contributed by atoms with Crippen LogP contribution in [0.2, 0.25) is 0 Å². The normalized spacial score (nSPS) is 12.5. The molecule has 6 nitrogen and oxygen atoms in total. The third-order valence-corrected chi connectivity index (χ3v) is 4.49. The zero-order valence-electron chi connectivity index (χ0n) is 13.9. The van der Waals surface area contributed by atoms with E-state index < -0.39 is 12.0 Å². The highest BCUT2D eigenvalue weighted by molar-refractivity contribution is 7.18. The highest BCUT2D eigenvalue weighted by Crippen LogP contribution is 2.22. The fraction of sp³-hybridized carbons (Fsp3) is 0.562. The van der Waals surface area contributed by atoms with Gasteiger partial charge in [0.2, 0.25) is 0 Å². The molecule has 2 aromatic rings. The number of aromatic nitrogens is 2. The summed E-state index contributed by atoms with van der Waals surface area (Å²) in [5.41, 5.74) is -0.189. The molecule has 0 amide bonds. The van der Waals surface area contributed by atoms with E-state index in [1.54, 1.807) is 6.92 Å². The first-order valence-electron chi connectivity index (χ1n) is 7.73. The zero-order valence-corrected chi connectivity index (χ0v) is 14.7. The van der Waals surface area contributed by atoms with Gasteiger partial charge in [-0.3, -0.25) is 9.36 Å². The van der Waals surface area contributed by atoms with Gasteiger partial charge < -0.3 is 9.47 Å². The largest absolute Gasteiger partial charge is 0.462 e. The molecule has 0 saturated carbocycles. The number of ether oxygens (including phenoxy) is 2. The molecule has 23 heavy (non-hydrogen) atoms. The molecule has 0 bridgehead atoms. The minimum atomic E-state index is -0.666. The van der Waals surface area contributed by atoms with Crippen LogP contribution >= 0.6 is 11.3 Å². The van der Waals surface area contributed by atoms with Crippen molar-refractivity contribution in [3.05, 3.63) is 27.1 Å². The summed E-state index contributed by atoms with van der Waals surface area (Å²) in [5.74, 6) is 0.100. The van der Waals surface area contributed by atoms with Gasteiger partial charge >= 0.3 is 5.97 Å². The van der Waals surface area contributed by atoms with Gasteiger partial charge in [-0.25, -0.2) is 9.78 Å². The van der Waals surface area contributed by atoms with Crippen molar-refractivity contribution >= 4 is 27.5 Å². The van der Waals surface area contributed by atoms with Crippen LogP contribution in [0.3, 0.4) is 0 Å². The lowest BCUT2D eigenvalue weighted by atomic mass is 10.2. The second-order valence-corrected chi connectivity index (χ2v) is 6.43. The highest BCUT2D eigenvalue weighted by Gasteiger charge is 2.24. The molecule has 0 aliphatic carbocycles. The van der Waals surface area contributed by atoms with Crippen LogP contribution in [0.5, 0.6) is 0 Å². The maximum absolute atomic E-state index is 12.7. The van der Waals surface area contributed by atoms with Crippen molar-refractivity contribution in [2.45, 2.75) is 40.2 Å². The minimum absolute atomic E-state index is 0.185. The van der Waals surface area contributed by atoms with Crippen molar-refractivity contribution in [2.24, 2.45) is 0 Å². The number of carbonyl (C=O) groups is 1. The van der Waals surface area contributed by atoms with Gasteiger partial charge in [-0.2, -0.15) is 0 Å². The SMILES string of the molecule is CCOCCOC(=O)C(CC)n1c(C)nc2sc(C)cc2c1=O. The average Bonchev–Trinajstić information content (AvgIpc) is 2.88. The second kappa shape index (κ2) is 7.70. The summed E-state index contributed by atoms with van der Waals surface area (Å²) in [6, 6.07) is 1.15. The number of carbonyl (C=O) groups excluding carboxylic acids is 1. The average molecular weight is 338 g/mol. The van der Waals surface area contributed by atoms with E-state index in [1.165, 1.54) is 15.9 Å². The Morgan fingerprint density at radius 2 is 2.09 bits per heavy atom. The summed E-state index contributed by atoms with van der Waals surface area (Å²) in [5, 5.41) is 0.554. The van der Waals surface area contributed by atoms with Crippen molar-refractivity contribution < 1.29 is 14.3 Å². The van der Waals surface area contributed by atoms with Crippen LogP contribution in [0.1, 0.15) is 37.0 Å². The number of hydrogen-bond acceptors (Lipinski definition) is 6. The molecule has 126 valence electrons. The predicted molar refractivity (Wildman–Crippen MR) is 90.1 cm³/mol. The number of hydrogen-bond donors (Lipinski definition) is 0. The van der Waals surface area contributed by atoms with Crippen LogP contribution in [0.4, 0.5) is 0 Å². The molecular weight excluding hydrogens is 316 g/mol. The minimum Gasteiger partial charge on any atom is -0.462 e. The molecule has 0 N–H and O–H groups in total. The van der Waals surface area contributed by atoms with Gasteiger partial charge in [-0.1, -0.05) is 6.92 Å². The molecule has 2 heterocycles. The molecule has 0 saturated heterocycles. The molecule has 2 aromatic heterocycles. The Balaban J connectivity index is 2.32. The molecule has 0 fully saturated rings. The fourth-order valence-electron chi connectivity index (χ4n) is 2.48. The van der Waals surface area contributed by atoms with E-state index >= 15 is 0 Å². The third-order valence-electron chi connectivity index (χ3n) is 3.54. The molecule has 0 aliphatic rings. The van der Waals surface area contributed by atoms with Gasteiger partial charge in [0.05, 0.1) is 12.0 Å². The van der Waals surface area contributed by atoms with Crippen molar-refractivity contribution in [3.8, 4) is 0 Å². The van der Waals surface area contributed by atoms with Crippen LogP contribution in [0, 0.1) is 13.8 Å². The van der Waals surface area contributed by atoms with E-state index in [2.05, 4.69) is 4.98 Å². The van der Waals surface area contributed by atoms with Crippen LogP contribution in [-0.2, 0) is 14.3 Å². The van der Waals surface area contributed by atoms with Gasteiger partial charge in [0, 0.05) is 11.5 Å². The maximum atomic E-state index is 12.7. The summed E-state index contributed by atoms with van der Waals surface area (Å²) >= 11 is 1.48. The number of fused-ring (bicyclic) bond motifs is 1. The molecule has 1 atom stereocenters. The van der Waals surface area contributed by atoms with Crippen LogP contribution in [-0.4, -0.2) is 35.3 Å². The maximum Gasteiger partial charge on any atom is 0.329 e. The second-order valence-electron chi connectivity index (χ2n) is 5.20. The predicted octanol–water partition coefficient (Wildman–Crippen LogP) is 2.61. The summed E-state index contributed by atoms with van der Waals surface area (Å²) in [6.45, 7) is 8.52. The summed E-state index contributed by atoms with van der Waals surface area (Å²) in [6.07, 6.45) is 0.463. The third kappa shape index (κ3) is 3.79. The van der Waals surface area contributed by atoms with Gasteiger partial charge in [0.15, 0.2) is 0 Å². The lowest BCUT2D eigenvalue weighted by Crippen LogP contribution is -2.33. The molecule has 0 aromatic carbocycles. The van der Waals surface area contributed by atoms with E-state index in [4.69, 9.17) is 9.47 Å². The Kier molecular flexibility index (Phi) is 5.90. The molecule has 0 aliphatic heterocycles. The molecule has 7 heteroatoms. The lowest BCUT2D eigenvalue weighted by molar-refractivity contribution is -0.149. The fourth-order valence-corrected chi connectivity index (χ4v) is 3.39. The summed E-state index contributed by atoms with van der Waals surface area (Å²) in [7, 11) is 0. The molecular formula is C16H22N2O4S. The van der Waals surface area contributed by atoms with Gasteiger partial charge in [-0.15, -0.1) is 11.3 Å². The number of nitrogens with zero attached hydrogens (tertiary/aromatic N) is 2. The van der Waals surface area contributed by atoms with Crippen molar-refractivity contribution in [2.75, 3.05) is 19.8 Å². The van der Waals surface area contributed by atoms with Crippen molar-refractivity contribution in [1.29, 1.82) is 0 Å². The quantitative estimate of drug-likeness (QED) is 0.573. The molecule has 1 unspecified atom stereocenters. The van der Waals surface area contributed by atoms with Gasteiger partial charge in [0.1, 0.15) is 23.3 Å². The van der Waals surface area contributed by atoms with Gasteiger partial charge in [-0.05, 0) is 33.3 Å². The lowest BCUT2D eigenvalue weighted by Gasteiger charge is -2.19. The van der Waals surface area contributed by atoms with Crippen LogP contribution in [0.15, 0.2) is 10.9 Å². The first-order chi connectivity index (χ1) is 11.0. The zero-order chi connectivity index (χ0) is 17.0. The topological polar surface area (TPSA) is 70.4 Å². The van der Waals surface area contributed by atoms with Crippen LogP contribution in [0.25, 0.3) is 10.2 Å². The van der Waals surface area contributed by atoms with Crippen molar-refractivity contribution in [1.82, 2.24) is 9.55 Å². The first kappa shape index (κ1) is 17.6. The standard InChI is InChI=1S/C16H22N2O4S/c1-5-13(16(20)22-8-7-21-6-2)18-11(4)17-14-12(15(18)19)9-10(3)23-14/h9,13H,5-8H2,1-4H3. The smallest absolute Gasteiger partial charge is 0.329 e. The molecule has 2 rings (SSSR count). The first-order valence-corrected chi connectivity index (χ1v) is 8.54. The van der Waals surface area contributed by atoms with Crippen molar-refractivity contribution in [3.63, 3.8) is 0 Å². The monoisotopic (exact) mass is 338 g/mol. The van der Waals surface area contributed by atoms with E-state index in [-0.39, 0.29) is 12.2 Å². The number of rotatable bonds is 7. The number of thiophene rings is 1. The summed E-state index contributed by atoms with van der Waals surface area (Å²) < 4.78 is 11.8.